The summed E-state index contributed by atoms with van der Waals surface area (Å²) in [6.07, 6.45) is 9.29. The molecule has 0 bridgehead atoms. The molecule has 0 aliphatic heterocycles. The van der Waals surface area contributed by atoms with Crippen LogP contribution in [-0.2, 0) is 6.42 Å². The lowest BCUT2D eigenvalue weighted by molar-refractivity contribution is 0.283. The van der Waals surface area contributed by atoms with Gasteiger partial charge in [-0.3, -0.25) is 4.40 Å². The van der Waals surface area contributed by atoms with Crippen molar-refractivity contribution >= 4 is 11.5 Å². The van der Waals surface area contributed by atoms with E-state index in [1.54, 1.807) is 6.20 Å². The molecule has 0 aliphatic rings. The molecule has 2 heterocycles. The van der Waals surface area contributed by atoms with E-state index in [1.165, 1.54) is 0 Å². The number of aryl methyl sites for hydroxylation is 1. The predicted octanol–water partition coefficient (Wildman–Crippen LogP) is 1.02. The summed E-state index contributed by atoms with van der Waals surface area (Å²) < 4.78 is 1.97. The van der Waals surface area contributed by atoms with E-state index in [1.807, 2.05) is 16.8 Å². The smallest absolute Gasteiger partial charge is 0.180 e. The molecule has 5 nitrogen and oxygen atoms in total. The fraction of sp³-hybridized carbons (Fsp3) is 0.455. The maximum atomic E-state index is 8.69. The molecule has 0 amide bonds. The van der Waals surface area contributed by atoms with E-state index in [2.05, 4.69) is 9.97 Å². The first-order chi connectivity index (χ1) is 7.83. The molecule has 0 radical (unpaired) electrons. The highest BCUT2D eigenvalue weighted by molar-refractivity contribution is 5.59. The van der Waals surface area contributed by atoms with Crippen LogP contribution in [0.3, 0.4) is 0 Å². The largest absolute Gasteiger partial charge is 0.396 e. The molecule has 0 saturated carbocycles. The Labute approximate surface area is 93.9 Å². The van der Waals surface area contributed by atoms with Crippen molar-refractivity contribution in [3.8, 4) is 0 Å². The second-order valence-corrected chi connectivity index (χ2v) is 3.79. The average molecular weight is 220 g/mol. The van der Waals surface area contributed by atoms with Crippen molar-refractivity contribution < 1.29 is 5.11 Å². The highest BCUT2D eigenvalue weighted by atomic mass is 16.2. The van der Waals surface area contributed by atoms with Crippen LogP contribution in [0.15, 0.2) is 18.6 Å². The second-order valence-electron chi connectivity index (χ2n) is 3.79. The number of aromatic nitrogens is 3. The van der Waals surface area contributed by atoms with Gasteiger partial charge in [0.1, 0.15) is 0 Å². The Bertz CT molecular complexity index is 466. The molecule has 2 aromatic rings. The van der Waals surface area contributed by atoms with Gasteiger partial charge in [-0.1, -0.05) is 6.42 Å². The number of fused-ring (bicyclic) bond motifs is 1. The fourth-order valence-electron chi connectivity index (χ4n) is 1.77. The first-order valence-corrected chi connectivity index (χ1v) is 5.50. The first-order valence-electron chi connectivity index (χ1n) is 5.50. The van der Waals surface area contributed by atoms with Crippen molar-refractivity contribution in [2.45, 2.75) is 25.7 Å². The molecule has 5 heteroatoms. The third-order valence-electron chi connectivity index (χ3n) is 2.62. The van der Waals surface area contributed by atoms with Gasteiger partial charge in [-0.05, 0) is 19.3 Å². The van der Waals surface area contributed by atoms with E-state index in [0.717, 1.165) is 37.0 Å². The molecule has 0 aromatic carbocycles. The third kappa shape index (κ3) is 2.14. The number of anilines is 1. The maximum absolute atomic E-state index is 8.69. The molecule has 0 aliphatic carbocycles. The van der Waals surface area contributed by atoms with E-state index >= 15 is 0 Å². The van der Waals surface area contributed by atoms with Crippen LogP contribution in [0.4, 0.5) is 5.82 Å². The topological polar surface area (TPSA) is 76.4 Å². The van der Waals surface area contributed by atoms with Crippen LogP contribution in [0, 0.1) is 0 Å². The summed E-state index contributed by atoms with van der Waals surface area (Å²) in [7, 11) is 0. The van der Waals surface area contributed by atoms with E-state index in [0.29, 0.717) is 5.82 Å². The summed E-state index contributed by atoms with van der Waals surface area (Å²) in [4.78, 5) is 8.23. The van der Waals surface area contributed by atoms with Crippen LogP contribution in [0.2, 0.25) is 0 Å². The Morgan fingerprint density at radius 2 is 2.12 bits per heavy atom. The van der Waals surface area contributed by atoms with Gasteiger partial charge in [-0.25, -0.2) is 9.97 Å². The SMILES string of the molecule is Nc1nccn2c(CCCCCO)cnc12. The number of nitrogens with zero attached hydrogens (tertiary/aromatic N) is 3. The minimum Gasteiger partial charge on any atom is -0.396 e. The van der Waals surface area contributed by atoms with Gasteiger partial charge < -0.3 is 10.8 Å². The van der Waals surface area contributed by atoms with E-state index < -0.39 is 0 Å². The molecule has 3 N–H and O–H groups in total. The molecule has 2 rings (SSSR count). The van der Waals surface area contributed by atoms with Gasteiger partial charge in [-0.2, -0.15) is 0 Å². The van der Waals surface area contributed by atoms with Crippen molar-refractivity contribution in [3.63, 3.8) is 0 Å². The van der Waals surface area contributed by atoms with E-state index in [-0.39, 0.29) is 6.61 Å². The van der Waals surface area contributed by atoms with Gasteiger partial charge in [0.05, 0.1) is 0 Å². The number of aliphatic hydroxyl groups is 1. The normalized spacial score (nSPS) is 11.1. The average Bonchev–Trinajstić information content (AvgIpc) is 2.70. The quantitative estimate of drug-likeness (QED) is 0.737. The molecule has 0 unspecified atom stereocenters. The van der Waals surface area contributed by atoms with E-state index in [4.69, 9.17) is 10.8 Å². The lowest BCUT2D eigenvalue weighted by Gasteiger charge is -2.01. The molecule has 86 valence electrons. The maximum Gasteiger partial charge on any atom is 0.180 e. The van der Waals surface area contributed by atoms with Crippen LogP contribution in [0.25, 0.3) is 5.65 Å². The minimum absolute atomic E-state index is 0.268. The molecule has 2 aromatic heterocycles. The van der Waals surface area contributed by atoms with Crippen LogP contribution in [-0.4, -0.2) is 26.1 Å². The number of unbranched alkanes of at least 4 members (excludes halogenated alkanes) is 2. The van der Waals surface area contributed by atoms with Crippen LogP contribution < -0.4 is 5.73 Å². The number of imidazole rings is 1. The van der Waals surface area contributed by atoms with Gasteiger partial charge in [0.15, 0.2) is 11.5 Å². The van der Waals surface area contributed by atoms with Crippen molar-refractivity contribution in [2.75, 3.05) is 12.3 Å². The van der Waals surface area contributed by atoms with Gasteiger partial charge >= 0.3 is 0 Å². The lowest BCUT2D eigenvalue weighted by Crippen LogP contribution is -1.98. The van der Waals surface area contributed by atoms with Crippen LogP contribution in [0.5, 0.6) is 0 Å². The Kier molecular flexibility index (Phi) is 3.36. The molecule has 0 spiro atoms. The first kappa shape index (κ1) is 10.9. The number of rotatable bonds is 5. The van der Waals surface area contributed by atoms with Gasteiger partial charge in [-0.15, -0.1) is 0 Å². The summed E-state index contributed by atoms with van der Waals surface area (Å²) in [5.41, 5.74) is 7.58. The molecular weight excluding hydrogens is 204 g/mol. The lowest BCUT2D eigenvalue weighted by atomic mass is 10.1. The summed E-state index contributed by atoms with van der Waals surface area (Å²) in [6.45, 7) is 0.268. The fourth-order valence-corrected chi connectivity index (χ4v) is 1.77. The van der Waals surface area contributed by atoms with Gasteiger partial charge in [0.25, 0.3) is 0 Å². The molecule has 0 fully saturated rings. The van der Waals surface area contributed by atoms with Gasteiger partial charge in [0.2, 0.25) is 0 Å². The number of nitrogen functional groups attached to an aromatic ring is 1. The van der Waals surface area contributed by atoms with Crippen LogP contribution in [0.1, 0.15) is 25.0 Å². The standard InChI is InChI=1S/C11H16N4O/c12-10-11-14-8-9(4-2-1-3-7-16)15(11)6-5-13-10/h5-6,8,16H,1-4,7H2,(H2,12,13). The molecule has 0 saturated heterocycles. The Balaban J connectivity index is 2.10. The van der Waals surface area contributed by atoms with Crippen molar-refractivity contribution in [1.82, 2.24) is 14.4 Å². The zero-order valence-corrected chi connectivity index (χ0v) is 9.13. The number of hydrogen-bond acceptors (Lipinski definition) is 4. The molecule has 16 heavy (non-hydrogen) atoms. The molecular formula is C11H16N4O. The summed E-state index contributed by atoms with van der Waals surface area (Å²) in [5.74, 6) is 0.462. The van der Waals surface area contributed by atoms with Crippen molar-refractivity contribution in [1.29, 1.82) is 0 Å². The van der Waals surface area contributed by atoms with Crippen molar-refractivity contribution in [3.05, 3.63) is 24.3 Å². The Morgan fingerprint density at radius 1 is 1.25 bits per heavy atom. The predicted molar refractivity (Wildman–Crippen MR) is 62.0 cm³/mol. The van der Waals surface area contributed by atoms with Crippen LogP contribution >= 0.6 is 0 Å². The third-order valence-corrected chi connectivity index (χ3v) is 2.62. The number of nitrogens with two attached hydrogens (primary N) is 1. The van der Waals surface area contributed by atoms with Crippen molar-refractivity contribution in [2.24, 2.45) is 0 Å². The molecule has 0 atom stereocenters. The number of aliphatic hydroxyl groups excluding tert-OH is 1. The zero-order valence-electron chi connectivity index (χ0n) is 9.13. The summed E-state index contributed by atoms with van der Waals surface area (Å²) in [6, 6.07) is 0. The summed E-state index contributed by atoms with van der Waals surface area (Å²) in [5, 5.41) is 8.69. The monoisotopic (exact) mass is 220 g/mol. The van der Waals surface area contributed by atoms with E-state index in [9.17, 15) is 0 Å². The van der Waals surface area contributed by atoms with Gasteiger partial charge in [0, 0.05) is 30.9 Å². The second kappa shape index (κ2) is 4.94. The highest BCUT2D eigenvalue weighted by Gasteiger charge is 2.05. The zero-order chi connectivity index (χ0) is 11.4. The summed E-state index contributed by atoms with van der Waals surface area (Å²) >= 11 is 0. The minimum atomic E-state index is 0.268. The highest BCUT2D eigenvalue weighted by Crippen LogP contribution is 2.13. The Morgan fingerprint density at radius 3 is 2.94 bits per heavy atom. The number of hydrogen-bond donors (Lipinski definition) is 2. The Hall–Kier alpha value is -1.62.